The largest absolute Gasteiger partial charge is 0.337 e. The van der Waals surface area contributed by atoms with Gasteiger partial charge in [0.25, 0.3) is 0 Å². The Labute approximate surface area is 125 Å². The molecule has 0 saturated heterocycles. The lowest BCUT2D eigenvalue weighted by atomic mass is 10.0. The Bertz CT molecular complexity index is 827. The maximum absolute atomic E-state index is 12.7. The Morgan fingerprint density at radius 3 is 2.57 bits per heavy atom. The quantitative estimate of drug-likeness (QED) is 0.648. The molecular weight excluding hydrogens is 258 g/mol. The molecule has 0 bridgehead atoms. The van der Waals surface area contributed by atoms with Crippen molar-refractivity contribution in [3.05, 3.63) is 70.9 Å². The molecule has 0 aliphatic rings. The molecule has 21 heavy (non-hydrogen) atoms. The first-order valence-electron chi connectivity index (χ1n) is 7.21. The fraction of sp³-hybridized carbons (Fsp3) is 0.211. The summed E-state index contributed by atoms with van der Waals surface area (Å²) < 4.78 is 2.10. The van der Waals surface area contributed by atoms with Crippen molar-refractivity contribution >= 4 is 16.7 Å². The lowest BCUT2D eigenvalue weighted by molar-refractivity contribution is 0.0972. The molecule has 0 aliphatic heterocycles. The molecule has 3 rings (SSSR count). The van der Waals surface area contributed by atoms with E-state index in [4.69, 9.17) is 0 Å². The van der Waals surface area contributed by atoms with Crippen molar-refractivity contribution in [2.24, 2.45) is 0 Å². The third-order valence-electron chi connectivity index (χ3n) is 4.01. The second-order valence-electron chi connectivity index (χ2n) is 5.67. The number of carbonyl (C=O) groups excluding carboxylic acids is 1. The third kappa shape index (κ3) is 2.49. The van der Waals surface area contributed by atoms with Gasteiger partial charge < -0.3 is 4.57 Å². The normalized spacial score (nSPS) is 11.0. The first-order chi connectivity index (χ1) is 10.1. The van der Waals surface area contributed by atoms with E-state index in [1.165, 1.54) is 5.39 Å². The molecule has 0 amide bonds. The van der Waals surface area contributed by atoms with Crippen LogP contribution in [0.1, 0.15) is 27.2 Å². The molecule has 0 unspecified atom stereocenters. The zero-order chi connectivity index (χ0) is 15.0. The van der Waals surface area contributed by atoms with Crippen LogP contribution in [-0.2, 0) is 6.54 Å². The summed E-state index contributed by atoms with van der Waals surface area (Å²) in [6.07, 6.45) is 0. The fourth-order valence-corrected chi connectivity index (χ4v) is 2.82. The van der Waals surface area contributed by atoms with Crippen LogP contribution in [0, 0.1) is 20.8 Å². The van der Waals surface area contributed by atoms with Crippen LogP contribution in [0.4, 0.5) is 0 Å². The topological polar surface area (TPSA) is 22.0 Å². The van der Waals surface area contributed by atoms with E-state index in [0.29, 0.717) is 6.54 Å². The van der Waals surface area contributed by atoms with Gasteiger partial charge >= 0.3 is 0 Å². The van der Waals surface area contributed by atoms with E-state index in [2.05, 4.69) is 29.7 Å². The Hall–Kier alpha value is -2.35. The Balaban J connectivity index is 2.00. The highest BCUT2D eigenvalue weighted by atomic mass is 16.1. The van der Waals surface area contributed by atoms with Crippen LogP contribution in [0.2, 0.25) is 0 Å². The van der Waals surface area contributed by atoms with Crippen LogP contribution in [0.15, 0.2) is 48.5 Å². The number of fused-ring (bicyclic) bond motifs is 1. The second kappa shape index (κ2) is 5.21. The number of ketones is 1. The number of rotatable bonds is 3. The van der Waals surface area contributed by atoms with Gasteiger partial charge in [-0.3, -0.25) is 4.79 Å². The van der Waals surface area contributed by atoms with Crippen molar-refractivity contribution in [2.45, 2.75) is 27.3 Å². The van der Waals surface area contributed by atoms with E-state index in [-0.39, 0.29) is 5.78 Å². The van der Waals surface area contributed by atoms with E-state index in [1.807, 2.05) is 44.2 Å². The minimum absolute atomic E-state index is 0.167. The predicted molar refractivity (Wildman–Crippen MR) is 86.9 cm³/mol. The molecule has 0 radical (unpaired) electrons. The molecule has 1 heterocycles. The number of carbonyl (C=O) groups is 1. The van der Waals surface area contributed by atoms with Crippen LogP contribution in [0.5, 0.6) is 0 Å². The fourth-order valence-electron chi connectivity index (χ4n) is 2.82. The van der Waals surface area contributed by atoms with Gasteiger partial charge in [-0.15, -0.1) is 0 Å². The van der Waals surface area contributed by atoms with Gasteiger partial charge in [0, 0.05) is 16.8 Å². The zero-order valence-electron chi connectivity index (χ0n) is 12.7. The summed E-state index contributed by atoms with van der Waals surface area (Å²) in [5.41, 5.74) is 5.23. The summed E-state index contributed by atoms with van der Waals surface area (Å²) in [4.78, 5) is 12.7. The molecule has 0 saturated carbocycles. The van der Waals surface area contributed by atoms with Gasteiger partial charge in [-0.2, -0.15) is 0 Å². The number of Topliss-reactive ketones (excluding diaryl/α,β-unsaturated/α-hetero) is 1. The number of nitrogens with zero attached hydrogens (tertiary/aromatic N) is 1. The van der Waals surface area contributed by atoms with E-state index in [1.54, 1.807) is 0 Å². The first-order valence-corrected chi connectivity index (χ1v) is 7.21. The van der Waals surface area contributed by atoms with Gasteiger partial charge in [-0.05, 0) is 49.9 Å². The highest BCUT2D eigenvalue weighted by molar-refractivity contribution is 5.98. The van der Waals surface area contributed by atoms with Crippen LogP contribution >= 0.6 is 0 Å². The van der Waals surface area contributed by atoms with E-state index < -0.39 is 0 Å². The molecule has 2 heteroatoms. The van der Waals surface area contributed by atoms with Crippen LogP contribution in [0.25, 0.3) is 10.9 Å². The maximum Gasteiger partial charge on any atom is 0.182 e. The zero-order valence-corrected chi connectivity index (χ0v) is 12.7. The molecule has 106 valence electrons. The van der Waals surface area contributed by atoms with Crippen molar-refractivity contribution in [2.75, 3.05) is 0 Å². The van der Waals surface area contributed by atoms with Crippen molar-refractivity contribution in [1.29, 1.82) is 0 Å². The summed E-state index contributed by atoms with van der Waals surface area (Å²) in [5.74, 6) is 0.167. The van der Waals surface area contributed by atoms with Gasteiger partial charge in [0.2, 0.25) is 0 Å². The minimum Gasteiger partial charge on any atom is -0.337 e. The first kappa shape index (κ1) is 13.6. The number of para-hydroxylation sites is 1. The number of aryl methyl sites for hydroxylation is 3. The smallest absolute Gasteiger partial charge is 0.182 e. The number of hydrogen-bond acceptors (Lipinski definition) is 1. The molecule has 0 spiro atoms. The Kier molecular flexibility index (Phi) is 3.38. The average molecular weight is 277 g/mol. The number of hydrogen-bond donors (Lipinski definition) is 0. The maximum atomic E-state index is 12.7. The van der Waals surface area contributed by atoms with E-state index in [9.17, 15) is 4.79 Å². The highest BCUT2D eigenvalue weighted by Crippen LogP contribution is 2.20. The Morgan fingerprint density at radius 1 is 1.00 bits per heavy atom. The van der Waals surface area contributed by atoms with Gasteiger partial charge in [0.15, 0.2) is 5.78 Å². The van der Waals surface area contributed by atoms with Crippen molar-refractivity contribution < 1.29 is 4.79 Å². The number of benzene rings is 2. The third-order valence-corrected chi connectivity index (χ3v) is 4.01. The summed E-state index contributed by atoms with van der Waals surface area (Å²) in [7, 11) is 0. The van der Waals surface area contributed by atoms with Crippen LogP contribution < -0.4 is 0 Å². The van der Waals surface area contributed by atoms with E-state index >= 15 is 0 Å². The molecule has 0 fully saturated rings. The lowest BCUT2D eigenvalue weighted by Crippen LogP contribution is -2.12. The summed E-state index contributed by atoms with van der Waals surface area (Å²) in [6.45, 7) is 6.46. The van der Waals surface area contributed by atoms with Crippen LogP contribution in [-0.4, -0.2) is 10.4 Å². The van der Waals surface area contributed by atoms with Gasteiger partial charge in [-0.25, -0.2) is 0 Å². The van der Waals surface area contributed by atoms with E-state index in [0.717, 1.165) is 27.9 Å². The summed E-state index contributed by atoms with van der Waals surface area (Å²) in [5, 5.41) is 1.18. The van der Waals surface area contributed by atoms with Gasteiger partial charge in [0.1, 0.15) is 0 Å². The number of aromatic nitrogens is 1. The molecule has 1 aromatic heterocycles. The standard InChI is InChI=1S/C19H19NO/c1-13-8-9-14(2)17(10-13)19(21)12-20-15(3)11-16-6-4-5-7-18(16)20/h4-11H,12H2,1-3H3. The molecule has 3 aromatic rings. The van der Waals surface area contributed by atoms with Crippen molar-refractivity contribution in [3.63, 3.8) is 0 Å². The molecule has 0 atom stereocenters. The Morgan fingerprint density at radius 2 is 1.76 bits per heavy atom. The highest BCUT2D eigenvalue weighted by Gasteiger charge is 2.13. The molecule has 2 aromatic carbocycles. The minimum atomic E-state index is 0.167. The molecule has 0 N–H and O–H groups in total. The molecule has 2 nitrogen and oxygen atoms in total. The van der Waals surface area contributed by atoms with Gasteiger partial charge in [0.05, 0.1) is 6.54 Å². The molecule has 0 aliphatic carbocycles. The monoisotopic (exact) mass is 277 g/mol. The second-order valence-corrected chi connectivity index (χ2v) is 5.67. The summed E-state index contributed by atoms with van der Waals surface area (Å²) >= 11 is 0. The SMILES string of the molecule is Cc1ccc(C)c(C(=O)Cn2c(C)cc3ccccc32)c1. The van der Waals surface area contributed by atoms with Crippen molar-refractivity contribution in [1.82, 2.24) is 4.57 Å². The lowest BCUT2D eigenvalue weighted by Gasteiger charge is -2.10. The average Bonchev–Trinajstić information content (AvgIpc) is 2.78. The predicted octanol–water partition coefficient (Wildman–Crippen LogP) is 4.45. The van der Waals surface area contributed by atoms with Gasteiger partial charge in [-0.1, -0.05) is 35.9 Å². The van der Waals surface area contributed by atoms with Crippen LogP contribution in [0.3, 0.4) is 0 Å². The summed E-state index contributed by atoms with van der Waals surface area (Å²) in [6, 6.07) is 16.4. The van der Waals surface area contributed by atoms with Crippen molar-refractivity contribution in [3.8, 4) is 0 Å². The molecular formula is C19H19NO.